The van der Waals surface area contributed by atoms with Crippen LogP contribution in [-0.4, -0.2) is 67.7 Å². The molecule has 36 heavy (non-hydrogen) atoms. The number of rotatable bonds is 17. The minimum Gasteiger partial charge on any atom is -0.463 e. The SMILES string of the molecule is CCCCCCCCCCCCO[C@H]1O[C@@H](COC(C)=O)[C@@H](OC(C)=O)[C@@H](OC(C)=O)[C@@H]1NC(C)=O. The molecule has 1 aliphatic rings. The fourth-order valence-electron chi connectivity index (χ4n) is 4.22. The molecule has 1 amide bonds. The monoisotopic (exact) mass is 515 g/mol. The first-order valence-corrected chi connectivity index (χ1v) is 13.2. The largest absolute Gasteiger partial charge is 0.463 e. The van der Waals surface area contributed by atoms with Gasteiger partial charge in [-0.1, -0.05) is 64.7 Å². The second kappa shape index (κ2) is 18.1. The summed E-state index contributed by atoms with van der Waals surface area (Å²) in [6.07, 6.45) is 7.60. The standard InChI is InChI=1S/C26H45NO9/c1-6-7-8-9-10-11-12-13-14-15-16-32-26-23(27-18(2)28)25(35-21(5)31)24(34-20(4)30)22(36-26)17-33-19(3)29/h22-26H,6-17H2,1-5H3,(H,27,28)/t22-,23-,24+,25-,26-/m0/s1. The second-order valence-corrected chi connectivity index (χ2v) is 9.27. The van der Waals surface area contributed by atoms with E-state index in [1.165, 1.54) is 72.6 Å². The first kappa shape index (κ1) is 31.8. The highest BCUT2D eigenvalue weighted by atomic mass is 16.7. The van der Waals surface area contributed by atoms with Gasteiger partial charge in [0.15, 0.2) is 18.5 Å². The van der Waals surface area contributed by atoms with Crippen molar-refractivity contribution < 1.29 is 42.9 Å². The third kappa shape index (κ3) is 13.2. The van der Waals surface area contributed by atoms with Gasteiger partial charge in [-0.3, -0.25) is 19.2 Å². The predicted octanol–water partition coefficient (Wildman–Crippen LogP) is 3.58. The number of carbonyl (C=O) groups excluding carboxylic acids is 4. The van der Waals surface area contributed by atoms with Crippen LogP contribution in [0.25, 0.3) is 0 Å². The van der Waals surface area contributed by atoms with Crippen LogP contribution in [0.5, 0.6) is 0 Å². The Morgan fingerprint density at radius 3 is 1.75 bits per heavy atom. The molecule has 0 spiro atoms. The van der Waals surface area contributed by atoms with Crippen LogP contribution in [0.4, 0.5) is 0 Å². The van der Waals surface area contributed by atoms with Gasteiger partial charge < -0.3 is 29.0 Å². The highest BCUT2D eigenvalue weighted by Gasteiger charge is 2.51. The molecule has 1 saturated heterocycles. The average molecular weight is 516 g/mol. The summed E-state index contributed by atoms with van der Waals surface area (Å²) in [5.74, 6) is -2.21. The Kier molecular flexibility index (Phi) is 16.0. The summed E-state index contributed by atoms with van der Waals surface area (Å²) in [7, 11) is 0. The number of nitrogens with one attached hydrogen (secondary N) is 1. The van der Waals surface area contributed by atoms with E-state index in [-0.39, 0.29) is 6.61 Å². The van der Waals surface area contributed by atoms with Crippen molar-refractivity contribution in [3.8, 4) is 0 Å². The fourth-order valence-corrected chi connectivity index (χ4v) is 4.22. The van der Waals surface area contributed by atoms with Crippen molar-refractivity contribution >= 4 is 23.8 Å². The molecule has 0 aliphatic carbocycles. The van der Waals surface area contributed by atoms with E-state index in [1.54, 1.807) is 0 Å². The molecule has 10 heteroatoms. The van der Waals surface area contributed by atoms with Gasteiger partial charge in [-0.2, -0.15) is 0 Å². The summed E-state index contributed by atoms with van der Waals surface area (Å²) in [4.78, 5) is 47.0. The minimum absolute atomic E-state index is 0.240. The van der Waals surface area contributed by atoms with E-state index in [0.29, 0.717) is 6.61 Å². The number of carbonyl (C=O) groups is 4. The first-order chi connectivity index (χ1) is 17.1. The summed E-state index contributed by atoms with van der Waals surface area (Å²) in [5.41, 5.74) is 0. The summed E-state index contributed by atoms with van der Waals surface area (Å²) < 4.78 is 27.9. The zero-order valence-electron chi connectivity index (χ0n) is 22.5. The minimum atomic E-state index is -1.11. The van der Waals surface area contributed by atoms with Gasteiger partial charge in [0, 0.05) is 34.3 Å². The normalized spacial score (nSPS) is 23.5. The van der Waals surface area contributed by atoms with Crippen LogP contribution in [0.1, 0.15) is 98.8 Å². The van der Waals surface area contributed by atoms with Gasteiger partial charge in [0.05, 0.1) is 0 Å². The summed E-state index contributed by atoms with van der Waals surface area (Å²) >= 11 is 0. The van der Waals surface area contributed by atoms with Crippen LogP contribution in [0.2, 0.25) is 0 Å². The van der Waals surface area contributed by atoms with Crippen LogP contribution in [0.15, 0.2) is 0 Å². The number of hydrogen-bond acceptors (Lipinski definition) is 9. The number of ether oxygens (including phenoxy) is 5. The Labute approximate surface area is 215 Å². The van der Waals surface area contributed by atoms with Gasteiger partial charge in [-0.25, -0.2) is 0 Å². The zero-order valence-corrected chi connectivity index (χ0v) is 22.5. The third-order valence-electron chi connectivity index (χ3n) is 5.85. The van der Waals surface area contributed by atoms with Crippen molar-refractivity contribution in [3.63, 3.8) is 0 Å². The maximum absolute atomic E-state index is 11.9. The van der Waals surface area contributed by atoms with Gasteiger partial charge in [0.2, 0.25) is 5.91 Å². The lowest BCUT2D eigenvalue weighted by molar-refractivity contribution is -0.277. The van der Waals surface area contributed by atoms with Gasteiger partial charge >= 0.3 is 17.9 Å². The quantitative estimate of drug-likeness (QED) is 0.176. The van der Waals surface area contributed by atoms with Crippen molar-refractivity contribution in [2.45, 2.75) is 129 Å². The maximum Gasteiger partial charge on any atom is 0.303 e. The van der Waals surface area contributed by atoms with Crippen molar-refractivity contribution in [2.24, 2.45) is 0 Å². The van der Waals surface area contributed by atoms with Crippen LogP contribution in [-0.2, 0) is 42.9 Å². The average Bonchev–Trinajstić information content (AvgIpc) is 2.78. The second-order valence-electron chi connectivity index (χ2n) is 9.27. The van der Waals surface area contributed by atoms with E-state index in [4.69, 9.17) is 23.7 Å². The van der Waals surface area contributed by atoms with Crippen molar-refractivity contribution in [2.75, 3.05) is 13.2 Å². The molecule has 5 atom stereocenters. The molecule has 0 aromatic rings. The highest BCUT2D eigenvalue weighted by molar-refractivity contribution is 5.73. The number of amides is 1. The van der Waals surface area contributed by atoms with E-state index in [9.17, 15) is 19.2 Å². The molecule has 1 rings (SSSR count). The molecule has 0 aromatic carbocycles. The van der Waals surface area contributed by atoms with E-state index in [1.807, 2.05) is 0 Å². The van der Waals surface area contributed by atoms with Gasteiger partial charge in [0.25, 0.3) is 0 Å². The topological polar surface area (TPSA) is 126 Å². The maximum atomic E-state index is 11.9. The molecular weight excluding hydrogens is 470 g/mol. The molecule has 1 heterocycles. The molecular formula is C26H45NO9. The molecule has 0 bridgehead atoms. The Balaban J connectivity index is 2.77. The van der Waals surface area contributed by atoms with E-state index < -0.39 is 54.5 Å². The van der Waals surface area contributed by atoms with Crippen LogP contribution in [0.3, 0.4) is 0 Å². The molecule has 0 unspecified atom stereocenters. The Bertz CT molecular complexity index is 684. The molecule has 0 saturated carbocycles. The number of esters is 3. The smallest absolute Gasteiger partial charge is 0.303 e. The lowest BCUT2D eigenvalue weighted by atomic mass is 9.96. The van der Waals surface area contributed by atoms with Crippen LogP contribution in [0, 0.1) is 0 Å². The molecule has 1 fully saturated rings. The third-order valence-corrected chi connectivity index (χ3v) is 5.85. The summed E-state index contributed by atoms with van der Waals surface area (Å²) in [5, 5.41) is 2.70. The predicted molar refractivity (Wildman–Crippen MR) is 132 cm³/mol. The summed E-state index contributed by atoms with van der Waals surface area (Å²) in [6.45, 7) is 7.31. The fraction of sp³-hybridized carbons (Fsp3) is 0.846. The van der Waals surface area contributed by atoms with Crippen LogP contribution >= 0.6 is 0 Å². The van der Waals surface area contributed by atoms with Gasteiger partial charge in [-0.05, 0) is 6.42 Å². The van der Waals surface area contributed by atoms with Crippen molar-refractivity contribution in [1.82, 2.24) is 5.32 Å². The van der Waals surface area contributed by atoms with Gasteiger partial charge in [-0.15, -0.1) is 0 Å². The lowest BCUT2D eigenvalue weighted by Gasteiger charge is -2.44. The molecule has 10 nitrogen and oxygen atoms in total. The molecule has 208 valence electrons. The van der Waals surface area contributed by atoms with Crippen molar-refractivity contribution in [3.05, 3.63) is 0 Å². The first-order valence-electron chi connectivity index (χ1n) is 13.2. The molecule has 0 aromatic heterocycles. The van der Waals surface area contributed by atoms with Crippen molar-refractivity contribution in [1.29, 1.82) is 0 Å². The highest BCUT2D eigenvalue weighted by Crippen LogP contribution is 2.28. The summed E-state index contributed by atoms with van der Waals surface area (Å²) in [6, 6.07) is -0.924. The Morgan fingerprint density at radius 1 is 0.722 bits per heavy atom. The van der Waals surface area contributed by atoms with Crippen LogP contribution < -0.4 is 5.32 Å². The molecule has 0 radical (unpaired) electrons. The van der Waals surface area contributed by atoms with E-state index >= 15 is 0 Å². The lowest BCUT2D eigenvalue weighted by Crippen LogP contribution is -2.66. The molecule has 1 aliphatic heterocycles. The number of hydrogen-bond donors (Lipinski definition) is 1. The number of unbranched alkanes of at least 4 members (excludes halogenated alkanes) is 9. The molecule has 1 N–H and O–H groups in total. The van der Waals surface area contributed by atoms with E-state index in [0.717, 1.165) is 19.3 Å². The Hall–Kier alpha value is -2.20. The Morgan fingerprint density at radius 2 is 1.25 bits per heavy atom. The van der Waals surface area contributed by atoms with Gasteiger partial charge in [0.1, 0.15) is 18.8 Å². The zero-order chi connectivity index (χ0) is 26.9. The van der Waals surface area contributed by atoms with E-state index in [2.05, 4.69) is 12.2 Å².